The second-order valence-corrected chi connectivity index (χ2v) is 7.09. The quantitative estimate of drug-likeness (QED) is 0.287. The Labute approximate surface area is 152 Å². The lowest BCUT2D eigenvalue weighted by Crippen LogP contribution is -2.08. The average Bonchev–Trinajstić information content (AvgIpc) is 2.35. The fraction of sp³-hybridized carbons (Fsp3) is 0.417. The van der Waals surface area contributed by atoms with E-state index in [1.165, 1.54) is 0 Å². The molecule has 0 amide bonds. The number of halogens is 3. The lowest BCUT2D eigenvalue weighted by molar-refractivity contribution is 0.0691. The predicted octanol–water partition coefficient (Wildman–Crippen LogP) is 4.47. The largest absolute Gasteiger partial charge is 0.504 e. The van der Waals surface area contributed by atoms with Gasteiger partial charge in [0.15, 0.2) is 11.5 Å². The van der Waals surface area contributed by atoms with Gasteiger partial charge in [0.1, 0.15) is 5.56 Å². The molecule has 0 radical (unpaired) electrons. The van der Waals surface area contributed by atoms with E-state index in [2.05, 4.69) is 52.1 Å². The van der Waals surface area contributed by atoms with E-state index in [1.54, 1.807) is 0 Å². The van der Waals surface area contributed by atoms with Gasteiger partial charge in [-0.05, 0) is 74.2 Å². The molecule has 0 spiro atoms. The summed E-state index contributed by atoms with van der Waals surface area (Å²) >= 11 is 6.07. The highest BCUT2D eigenvalue weighted by molar-refractivity contribution is 14.1. The number of benzene rings is 1. The first-order chi connectivity index (χ1) is 8.91. The van der Waals surface area contributed by atoms with Crippen LogP contribution in [0.3, 0.4) is 0 Å². The summed E-state index contributed by atoms with van der Waals surface area (Å²) < 4.78 is 7.65. The zero-order chi connectivity index (χ0) is 14.6. The van der Waals surface area contributed by atoms with Gasteiger partial charge in [0.25, 0.3) is 0 Å². The number of unbranched alkanes of at least 4 members (excludes halogenated alkanes) is 2. The van der Waals surface area contributed by atoms with Gasteiger partial charge in [-0.3, -0.25) is 0 Å². The third-order valence-electron chi connectivity index (χ3n) is 2.46. The van der Waals surface area contributed by atoms with E-state index in [0.29, 0.717) is 10.2 Å². The Kier molecular flexibility index (Phi) is 7.43. The Balaban J connectivity index is 3.13. The number of aromatic carboxylic acids is 1. The minimum atomic E-state index is -1.14. The number of carbonyl (C=O) groups is 1. The molecule has 0 unspecified atom stereocenters. The van der Waals surface area contributed by atoms with Crippen molar-refractivity contribution in [3.8, 4) is 11.5 Å². The standard InChI is InChI=1S/C12H13I3O4/c1-2-3-4-5-19-11-9(15)8(14)7(13)6(10(11)16)12(17)18/h16H,2-5H2,1H3,(H,17,18). The minimum absolute atomic E-state index is 0.0871. The zero-order valence-electron chi connectivity index (χ0n) is 10.2. The molecule has 0 aliphatic rings. The van der Waals surface area contributed by atoms with Gasteiger partial charge >= 0.3 is 5.97 Å². The summed E-state index contributed by atoms with van der Waals surface area (Å²) in [6, 6.07) is 0. The van der Waals surface area contributed by atoms with Crippen molar-refractivity contribution < 1.29 is 19.7 Å². The summed E-state index contributed by atoms with van der Waals surface area (Å²) in [5, 5.41) is 19.3. The Hall–Kier alpha value is 0.480. The van der Waals surface area contributed by atoms with Crippen LogP contribution in [0.2, 0.25) is 0 Å². The number of hydrogen-bond acceptors (Lipinski definition) is 3. The van der Waals surface area contributed by atoms with E-state index < -0.39 is 5.97 Å². The normalized spacial score (nSPS) is 10.5. The third kappa shape index (κ3) is 4.22. The molecule has 0 atom stereocenters. The molecular weight excluding hydrogens is 589 g/mol. The van der Waals surface area contributed by atoms with Crippen LogP contribution in [0.4, 0.5) is 0 Å². The van der Waals surface area contributed by atoms with Crippen molar-refractivity contribution >= 4 is 73.7 Å². The first-order valence-corrected chi connectivity index (χ1v) is 8.90. The first-order valence-electron chi connectivity index (χ1n) is 5.67. The minimum Gasteiger partial charge on any atom is -0.504 e. The van der Waals surface area contributed by atoms with Crippen LogP contribution < -0.4 is 4.74 Å². The van der Waals surface area contributed by atoms with E-state index in [4.69, 9.17) is 9.84 Å². The Morgan fingerprint density at radius 3 is 2.32 bits per heavy atom. The summed E-state index contributed by atoms with van der Waals surface area (Å²) in [4.78, 5) is 11.2. The van der Waals surface area contributed by atoms with Crippen molar-refractivity contribution in [2.24, 2.45) is 0 Å². The van der Waals surface area contributed by atoms with E-state index in [0.717, 1.165) is 26.4 Å². The van der Waals surface area contributed by atoms with Gasteiger partial charge in [0, 0.05) is 7.14 Å². The third-order valence-corrected chi connectivity index (χ3v) is 7.72. The van der Waals surface area contributed by atoms with E-state index in [1.807, 2.05) is 22.6 Å². The Bertz CT molecular complexity index is 489. The highest BCUT2D eigenvalue weighted by atomic mass is 127. The van der Waals surface area contributed by atoms with Crippen LogP contribution >= 0.6 is 67.8 Å². The summed E-state index contributed by atoms with van der Waals surface area (Å²) in [5.41, 5.74) is -0.0871. The van der Waals surface area contributed by atoms with Crippen molar-refractivity contribution in [3.05, 3.63) is 16.3 Å². The average molecular weight is 602 g/mol. The van der Waals surface area contributed by atoms with E-state index >= 15 is 0 Å². The molecule has 0 saturated heterocycles. The second kappa shape index (κ2) is 8.05. The molecular formula is C12H13I3O4. The van der Waals surface area contributed by atoms with Gasteiger partial charge in [-0.15, -0.1) is 0 Å². The molecule has 0 aliphatic carbocycles. The van der Waals surface area contributed by atoms with Crippen molar-refractivity contribution in [2.45, 2.75) is 26.2 Å². The van der Waals surface area contributed by atoms with Crippen molar-refractivity contribution in [2.75, 3.05) is 6.61 Å². The monoisotopic (exact) mass is 602 g/mol. The van der Waals surface area contributed by atoms with Gasteiger partial charge in [-0.1, -0.05) is 19.8 Å². The van der Waals surface area contributed by atoms with Gasteiger partial charge in [-0.25, -0.2) is 4.79 Å². The van der Waals surface area contributed by atoms with Crippen LogP contribution in [-0.4, -0.2) is 22.8 Å². The molecule has 0 aromatic heterocycles. The first kappa shape index (κ1) is 17.5. The molecule has 4 nitrogen and oxygen atoms in total. The molecule has 1 rings (SSSR count). The molecule has 106 valence electrons. The zero-order valence-corrected chi connectivity index (χ0v) is 16.6. The lowest BCUT2D eigenvalue weighted by atomic mass is 10.2. The maximum atomic E-state index is 11.2. The van der Waals surface area contributed by atoms with Gasteiger partial charge in [0.2, 0.25) is 0 Å². The molecule has 0 fully saturated rings. The maximum absolute atomic E-state index is 11.2. The molecule has 1 aromatic rings. The number of carboxylic acids is 1. The van der Waals surface area contributed by atoms with Crippen LogP contribution in [-0.2, 0) is 0 Å². The molecule has 0 bridgehead atoms. The SMILES string of the molecule is CCCCCOc1c(O)c(C(=O)O)c(I)c(I)c1I. The summed E-state index contributed by atoms with van der Waals surface area (Å²) in [7, 11) is 0. The van der Waals surface area contributed by atoms with Crippen LogP contribution in [0, 0.1) is 10.7 Å². The van der Waals surface area contributed by atoms with Crippen molar-refractivity contribution in [1.82, 2.24) is 0 Å². The number of rotatable bonds is 6. The van der Waals surface area contributed by atoms with Crippen LogP contribution in [0.15, 0.2) is 0 Å². The second-order valence-electron chi connectivity index (χ2n) is 3.86. The molecule has 0 heterocycles. The number of carboxylic acid groups (broad SMARTS) is 1. The molecule has 2 N–H and O–H groups in total. The van der Waals surface area contributed by atoms with Crippen LogP contribution in [0.5, 0.6) is 11.5 Å². The van der Waals surface area contributed by atoms with Crippen molar-refractivity contribution in [3.63, 3.8) is 0 Å². The van der Waals surface area contributed by atoms with Gasteiger partial charge in [-0.2, -0.15) is 0 Å². The summed E-state index contributed by atoms with van der Waals surface area (Å²) in [6.45, 7) is 2.57. The maximum Gasteiger partial charge on any atom is 0.340 e. The smallest absolute Gasteiger partial charge is 0.340 e. The number of hydrogen-bond donors (Lipinski definition) is 2. The van der Waals surface area contributed by atoms with Crippen LogP contribution in [0.25, 0.3) is 0 Å². The summed E-state index contributed by atoms with van der Waals surface area (Å²) in [6.07, 6.45) is 3.01. The topological polar surface area (TPSA) is 66.8 Å². The fourth-order valence-electron chi connectivity index (χ4n) is 1.48. The number of aromatic hydroxyl groups is 1. The number of ether oxygens (including phenoxy) is 1. The van der Waals surface area contributed by atoms with Gasteiger partial charge in [0.05, 0.1) is 10.2 Å². The summed E-state index contributed by atoms with van der Waals surface area (Å²) in [5.74, 6) is -1.15. The molecule has 19 heavy (non-hydrogen) atoms. The Morgan fingerprint density at radius 2 is 1.79 bits per heavy atom. The molecule has 0 aliphatic heterocycles. The fourth-order valence-corrected chi connectivity index (χ4v) is 3.95. The molecule has 0 saturated carbocycles. The highest BCUT2D eigenvalue weighted by Gasteiger charge is 2.25. The van der Waals surface area contributed by atoms with Crippen LogP contribution in [0.1, 0.15) is 36.5 Å². The van der Waals surface area contributed by atoms with Crippen molar-refractivity contribution in [1.29, 1.82) is 0 Å². The highest BCUT2D eigenvalue weighted by Crippen LogP contribution is 2.41. The predicted molar refractivity (Wildman–Crippen MR) is 98.2 cm³/mol. The van der Waals surface area contributed by atoms with E-state index in [9.17, 15) is 9.90 Å². The molecule has 7 heteroatoms. The van der Waals surface area contributed by atoms with Gasteiger partial charge < -0.3 is 14.9 Å². The lowest BCUT2D eigenvalue weighted by Gasteiger charge is -2.15. The Morgan fingerprint density at radius 1 is 1.16 bits per heavy atom. The number of phenols is 1. The molecule has 1 aromatic carbocycles. The van der Waals surface area contributed by atoms with E-state index in [-0.39, 0.29) is 17.1 Å².